The highest BCUT2D eigenvalue weighted by molar-refractivity contribution is 7.80. The molecular weight excluding hydrogens is 372 g/mol. The predicted molar refractivity (Wildman–Crippen MR) is 113 cm³/mol. The van der Waals surface area contributed by atoms with Crippen LogP contribution in [0.3, 0.4) is 0 Å². The molecule has 0 heterocycles. The van der Waals surface area contributed by atoms with Gasteiger partial charge in [0.15, 0.2) is 0 Å². The van der Waals surface area contributed by atoms with E-state index in [-0.39, 0.29) is 6.61 Å². The van der Waals surface area contributed by atoms with Crippen LogP contribution >= 0.6 is 0 Å². The van der Waals surface area contributed by atoms with Crippen LogP contribution in [0.1, 0.15) is 5.56 Å². The van der Waals surface area contributed by atoms with Gasteiger partial charge in [-0.25, -0.2) is 4.18 Å². The Morgan fingerprint density at radius 1 is 0.679 bits per heavy atom. The second-order valence-electron chi connectivity index (χ2n) is 7.18. The van der Waals surface area contributed by atoms with E-state index in [0.717, 1.165) is 48.7 Å². The molecule has 28 heavy (non-hydrogen) atoms. The lowest BCUT2D eigenvalue weighted by molar-refractivity contribution is 0.261. The summed E-state index contributed by atoms with van der Waals surface area (Å²) in [7, 11) is -4.54. The molecule has 0 unspecified atom stereocenters. The Kier molecular flexibility index (Phi) is 3.03. The molecule has 136 valence electrons. The Hall–Kier alpha value is -2.99. The van der Waals surface area contributed by atoms with Crippen LogP contribution in [0.5, 0.6) is 0 Å². The fourth-order valence-corrected chi connectivity index (χ4v) is 4.94. The molecule has 0 aliphatic rings. The van der Waals surface area contributed by atoms with Crippen molar-refractivity contribution in [2.24, 2.45) is 0 Å². The quantitative estimate of drug-likeness (QED) is 0.243. The van der Waals surface area contributed by atoms with Gasteiger partial charge in [0.25, 0.3) is 0 Å². The van der Waals surface area contributed by atoms with Gasteiger partial charge in [0.05, 0.1) is 6.61 Å². The molecule has 5 heteroatoms. The Bertz CT molecular complexity index is 1630. The zero-order valence-corrected chi connectivity index (χ0v) is 15.5. The minimum atomic E-state index is -4.54. The third-order valence-electron chi connectivity index (χ3n) is 5.72. The summed E-state index contributed by atoms with van der Waals surface area (Å²) in [6.45, 7) is -0.216. The fraction of sp³-hybridized carbons (Fsp3) is 0.0435. The van der Waals surface area contributed by atoms with E-state index < -0.39 is 10.4 Å². The summed E-state index contributed by atoms with van der Waals surface area (Å²) in [5, 5.41) is 11.0. The molecule has 6 aromatic carbocycles. The van der Waals surface area contributed by atoms with Gasteiger partial charge in [-0.15, -0.1) is 0 Å². The number of hydrogen-bond acceptors (Lipinski definition) is 3. The van der Waals surface area contributed by atoms with Crippen LogP contribution < -0.4 is 0 Å². The topological polar surface area (TPSA) is 63.6 Å². The van der Waals surface area contributed by atoms with Crippen molar-refractivity contribution in [1.82, 2.24) is 0 Å². The summed E-state index contributed by atoms with van der Waals surface area (Å²) >= 11 is 0. The van der Waals surface area contributed by atoms with E-state index in [1.54, 1.807) is 0 Å². The molecule has 0 radical (unpaired) electrons. The maximum atomic E-state index is 11.3. The molecule has 0 bridgehead atoms. The van der Waals surface area contributed by atoms with Crippen molar-refractivity contribution in [1.29, 1.82) is 0 Å². The SMILES string of the molecule is O=S(=O)(O)OCc1c2cccc3ccc4cc5cccc6ccc1c(c65)c4c32. The van der Waals surface area contributed by atoms with Gasteiger partial charge in [-0.1, -0.05) is 60.7 Å². The fourth-order valence-electron chi connectivity index (χ4n) is 4.68. The normalized spacial score (nSPS) is 13.0. The van der Waals surface area contributed by atoms with E-state index in [4.69, 9.17) is 8.74 Å². The number of hydrogen-bond donors (Lipinski definition) is 1. The third kappa shape index (κ3) is 2.09. The first-order valence-electron chi connectivity index (χ1n) is 8.96. The van der Waals surface area contributed by atoms with Crippen LogP contribution in [-0.4, -0.2) is 13.0 Å². The predicted octanol–water partition coefficient (Wildman–Crippen LogP) is 5.65. The van der Waals surface area contributed by atoms with Crippen LogP contribution in [0.15, 0.2) is 66.7 Å². The van der Waals surface area contributed by atoms with E-state index in [1.165, 1.54) is 10.8 Å². The lowest BCUT2D eigenvalue weighted by Crippen LogP contribution is -2.05. The molecule has 0 saturated carbocycles. The van der Waals surface area contributed by atoms with E-state index in [9.17, 15) is 8.42 Å². The van der Waals surface area contributed by atoms with E-state index >= 15 is 0 Å². The summed E-state index contributed by atoms with van der Waals surface area (Å²) in [5.74, 6) is 0. The van der Waals surface area contributed by atoms with Crippen LogP contribution in [0.2, 0.25) is 0 Å². The van der Waals surface area contributed by atoms with Crippen molar-refractivity contribution >= 4 is 64.3 Å². The molecule has 6 aromatic rings. The molecule has 0 aliphatic carbocycles. The molecule has 4 nitrogen and oxygen atoms in total. The average molecular weight is 386 g/mol. The maximum absolute atomic E-state index is 11.3. The van der Waals surface area contributed by atoms with Gasteiger partial charge in [0.2, 0.25) is 0 Å². The molecule has 0 amide bonds. The van der Waals surface area contributed by atoms with Crippen LogP contribution in [0.4, 0.5) is 0 Å². The standard InChI is InChI=1S/C23H14O4S/c24-28(25,26)27-12-19-17-6-2-4-14-7-8-16-11-15-5-1-3-13-9-10-18(19)23(20(13)15)22(16)21(14)17/h1-11H,12H2,(H,24,25,26). The molecule has 0 spiro atoms. The highest BCUT2D eigenvalue weighted by Crippen LogP contribution is 2.45. The van der Waals surface area contributed by atoms with Gasteiger partial charge in [-0.3, -0.25) is 4.55 Å². The van der Waals surface area contributed by atoms with Gasteiger partial charge in [0.1, 0.15) is 0 Å². The summed E-state index contributed by atoms with van der Waals surface area (Å²) < 4.78 is 36.5. The van der Waals surface area contributed by atoms with Crippen molar-refractivity contribution < 1.29 is 17.2 Å². The zero-order valence-electron chi connectivity index (χ0n) is 14.6. The van der Waals surface area contributed by atoms with Crippen LogP contribution in [0.25, 0.3) is 53.9 Å². The van der Waals surface area contributed by atoms with Gasteiger partial charge in [-0.05, 0) is 65.5 Å². The molecule has 1 N–H and O–H groups in total. The molecule has 0 fully saturated rings. The molecule has 0 saturated heterocycles. The van der Waals surface area contributed by atoms with Crippen LogP contribution in [0, 0.1) is 0 Å². The average Bonchev–Trinajstić information content (AvgIpc) is 2.68. The van der Waals surface area contributed by atoms with Gasteiger partial charge in [0, 0.05) is 0 Å². The highest BCUT2D eigenvalue weighted by atomic mass is 32.3. The maximum Gasteiger partial charge on any atom is 0.397 e. The van der Waals surface area contributed by atoms with Crippen molar-refractivity contribution in [3.63, 3.8) is 0 Å². The Labute approximate surface area is 160 Å². The first-order valence-corrected chi connectivity index (χ1v) is 10.3. The van der Waals surface area contributed by atoms with Gasteiger partial charge >= 0.3 is 10.4 Å². The molecule has 0 aromatic heterocycles. The Balaban J connectivity index is 1.92. The number of benzene rings is 6. The first kappa shape index (κ1) is 16.0. The smallest absolute Gasteiger partial charge is 0.264 e. The zero-order chi connectivity index (χ0) is 19.0. The van der Waals surface area contributed by atoms with Crippen molar-refractivity contribution in [2.45, 2.75) is 6.61 Å². The van der Waals surface area contributed by atoms with Gasteiger partial charge < -0.3 is 0 Å². The second-order valence-corrected chi connectivity index (χ2v) is 8.27. The second kappa shape index (κ2) is 5.29. The van der Waals surface area contributed by atoms with E-state index in [2.05, 4.69) is 42.5 Å². The van der Waals surface area contributed by atoms with Crippen molar-refractivity contribution in [2.75, 3.05) is 0 Å². The summed E-state index contributed by atoms with van der Waals surface area (Å²) in [4.78, 5) is 0. The summed E-state index contributed by atoms with van der Waals surface area (Å²) in [6.07, 6.45) is 0. The summed E-state index contributed by atoms with van der Waals surface area (Å²) in [5.41, 5.74) is 0.765. The van der Waals surface area contributed by atoms with E-state index in [1.807, 2.05) is 24.3 Å². The highest BCUT2D eigenvalue weighted by Gasteiger charge is 2.20. The Morgan fingerprint density at radius 3 is 2.11 bits per heavy atom. The molecule has 6 rings (SSSR count). The summed E-state index contributed by atoms with van der Waals surface area (Å²) in [6, 6.07) is 22.8. The van der Waals surface area contributed by atoms with Crippen molar-refractivity contribution in [3.8, 4) is 0 Å². The Morgan fingerprint density at radius 2 is 1.29 bits per heavy atom. The van der Waals surface area contributed by atoms with Gasteiger partial charge in [-0.2, -0.15) is 8.42 Å². The van der Waals surface area contributed by atoms with E-state index in [0.29, 0.717) is 0 Å². The number of rotatable bonds is 3. The minimum Gasteiger partial charge on any atom is -0.264 e. The molecule has 0 aliphatic heterocycles. The lowest BCUT2D eigenvalue weighted by Gasteiger charge is -2.20. The largest absolute Gasteiger partial charge is 0.397 e. The van der Waals surface area contributed by atoms with Crippen LogP contribution in [-0.2, 0) is 21.2 Å². The van der Waals surface area contributed by atoms with Crippen molar-refractivity contribution in [3.05, 3.63) is 72.3 Å². The lowest BCUT2D eigenvalue weighted by atomic mass is 9.84. The third-order valence-corrected chi connectivity index (χ3v) is 6.13. The molecule has 0 atom stereocenters. The minimum absolute atomic E-state index is 0.216. The first-order chi connectivity index (χ1) is 13.5. The molecular formula is C23H14O4S. The monoisotopic (exact) mass is 386 g/mol.